The van der Waals surface area contributed by atoms with Crippen molar-refractivity contribution in [3.05, 3.63) is 87.4 Å². The Labute approximate surface area is 257 Å². The number of carbonyl (C=O) groups is 2. The zero-order valence-electron chi connectivity index (χ0n) is 24.4. The topological polar surface area (TPSA) is 98.2 Å². The van der Waals surface area contributed by atoms with Crippen LogP contribution in [-0.2, 0) is 16.2 Å². The van der Waals surface area contributed by atoms with Gasteiger partial charge in [-0.3, -0.25) is 9.59 Å². The molecule has 2 amide bonds. The van der Waals surface area contributed by atoms with Gasteiger partial charge in [0.1, 0.15) is 18.4 Å². The molecule has 3 aromatic rings. The molecule has 3 rings (SSSR count). The molecule has 0 bridgehead atoms. The standard InChI is InChI=1S/C32H37Cl2N3O5/c1-6-40-30-16-23(10-12-29(30)41-19-24-9-7-8-21(4)15-24)18-35-37-32(39)27(14-20(2)3)36-31(38)22(5)42-28-13-11-25(33)17-26(28)34/h7-13,15-18,20,22,27H,6,14,19H2,1-5H3,(H,36,38)(H,37,39)/b35-18-/t22-,27-/m1/s1. The van der Waals surface area contributed by atoms with E-state index in [0.717, 1.165) is 11.1 Å². The number of halogens is 2. The third-order valence-electron chi connectivity index (χ3n) is 6.04. The van der Waals surface area contributed by atoms with E-state index in [1.165, 1.54) is 12.3 Å². The van der Waals surface area contributed by atoms with Crippen LogP contribution in [0, 0.1) is 12.8 Å². The summed E-state index contributed by atoms with van der Waals surface area (Å²) in [5.74, 6) is 0.710. The number of carbonyl (C=O) groups excluding carboxylic acids is 2. The molecule has 3 aromatic carbocycles. The maximum atomic E-state index is 13.0. The smallest absolute Gasteiger partial charge is 0.262 e. The maximum Gasteiger partial charge on any atom is 0.262 e. The molecule has 0 fully saturated rings. The van der Waals surface area contributed by atoms with Crippen molar-refractivity contribution in [1.29, 1.82) is 0 Å². The number of hydrogen-bond acceptors (Lipinski definition) is 6. The molecule has 2 N–H and O–H groups in total. The van der Waals surface area contributed by atoms with Crippen LogP contribution in [0.1, 0.15) is 50.8 Å². The highest BCUT2D eigenvalue weighted by atomic mass is 35.5. The minimum Gasteiger partial charge on any atom is -0.490 e. The second-order valence-electron chi connectivity index (χ2n) is 10.2. The van der Waals surface area contributed by atoms with E-state index < -0.39 is 24.0 Å². The maximum absolute atomic E-state index is 13.0. The molecule has 0 saturated heterocycles. The number of rotatable bonds is 14. The number of aryl methyl sites for hydroxylation is 1. The summed E-state index contributed by atoms with van der Waals surface area (Å²) in [6, 6.07) is 17.4. The third kappa shape index (κ3) is 10.3. The molecular weight excluding hydrogens is 577 g/mol. The molecule has 224 valence electrons. The van der Waals surface area contributed by atoms with E-state index in [1.807, 2.05) is 52.0 Å². The Kier molecular flexibility index (Phi) is 12.5. The molecule has 0 spiro atoms. The monoisotopic (exact) mass is 613 g/mol. The van der Waals surface area contributed by atoms with Crippen molar-refractivity contribution in [2.75, 3.05) is 6.61 Å². The van der Waals surface area contributed by atoms with Crippen molar-refractivity contribution in [2.45, 2.75) is 59.8 Å². The van der Waals surface area contributed by atoms with E-state index in [9.17, 15) is 9.59 Å². The fourth-order valence-electron chi connectivity index (χ4n) is 4.01. The van der Waals surface area contributed by atoms with Gasteiger partial charge in [0.05, 0.1) is 17.8 Å². The Hall–Kier alpha value is -3.75. The molecule has 0 radical (unpaired) electrons. The van der Waals surface area contributed by atoms with E-state index in [-0.39, 0.29) is 10.9 Å². The second kappa shape index (κ2) is 16.0. The predicted octanol–water partition coefficient (Wildman–Crippen LogP) is 6.73. The minimum atomic E-state index is -0.904. The molecule has 0 aliphatic rings. The normalized spacial score (nSPS) is 12.6. The molecule has 0 saturated carbocycles. The van der Waals surface area contributed by atoms with Crippen molar-refractivity contribution in [2.24, 2.45) is 11.0 Å². The molecule has 0 aromatic heterocycles. The summed E-state index contributed by atoms with van der Waals surface area (Å²) in [7, 11) is 0. The van der Waals surface area contributed by atoms with E-state index in [4.69, 9.17) is 37.4 Å². The van der Waals surface area contributed by atoms with Crippen molar-refractivity contribution >= 4 is 41.2 Å². The number of ether oxygens (including phenoxy) is 3. The van der Waals surface area contributed by atoms with Gasteiger partial charge in [-0.15, -0.1) is 0 Å². The number of benzene rings is 3. The van der Waals surface area contributed by atoms with Crippen molar-refractivity contribution < 1.29 is 23.8 Å². The van der Waals surface area contributed by atoms with Gasteiger partial charge >= 0.3 is 0 Å². The van der Waals surface area contributed by atoms with Gasteiger partial charge in [0.15, 0.2) is 17.6 Å². The van der Waals surface area contributed by atoms with Gasteiger partial charge in [-0.1, -0.05) is 66.9 Å². The van der Waals surface area contributed by atoms with Crippen LogP contribution in [0.4, 0.5) is 0 Å². The highest BCUT2D eigenvalue weighted by Gasteiger charge is 2.25. The van der Waals surface area contributed by atoms with Crippen LogP contribution >= 0.6 is 23.2 Å². The Morgan fingerprint density at radius 1 is 0.929 bits per heavy atom. The lowest BCUT2D eigenvalue weighted by atomic mass is 10.0. The van der Waals surface area contributed by atoms with Crippen molar-refractivity contribution in [1.82, 2.24) is 10.7 Å². The fourth-order valence-corrected chi connectivity index (χ4v) is 4.46. The third-order valence-corrected chi connectivity index (χ3v) is 6.57. The quantitative estimate of drug-likeness (QED) is 0.155. The fraction of sp³-hybridized carbons (Fsp3) is 0.344. The van der Waals surface area contributed by atoms with Gasteiger partial charge in [-0.05, 0) is 80.6 Å². The lowest BCUT2D eigenvalue weighted by molar-refractivity contribution is -0.132. The molecular formula is C32H37Cl2N3O5. The van der Waals surface area contributed by atoms with E-state index in [0.29, 0.717) is 47.5 Å². The van der Waals surface area contributed by atoms with Crippen LogP contribution in [0.2, 0.25) is 10.0 Å². The number of nitrogens with zero attached hydrogens (tertiary/aromatic N) is 1. The summed E-state index contributed by atoms with van der Waals surface area (Å²) in [4.78, 5) is 25.8. The summed E-state index contributed by atoms with van der Waals surface area (Å²) < 4.78 is 17.5. The Morgan fingerprint density at radius 2 is 1.69 bits per heavy atom. The first kappa shape index (κ1) is 32.8. The molecule has 0 aliphatic heterocycles. The Balaban J connectivity index is 1.62. The zero-order valence-corrected chi connectivity index (χ0v) is 26.0. The number of hydrazone groups is 1. The van der Waals surface area contributed by atoms with Gasteiger partial charge in [0, 0.05) is 5.02 Å². The van der Waals surface area contributed by atoms with E-state index >= 15 is 0 Å². The Bertz CT molecular complexity index is 1400. The van der Waals surface area contributed by atoms with Gasteiger partial charge in [0.2, 0.25) is 0 Å². The SMILES string of the molecule is CCOc1cc(/C=N\NC(=O)[C@@H](CC(C)C)NC(=O)[C@@H](C)Oc2ccc(Cl)cc2Cl)ccc1OCc1cccc(C)c1. The average Bonchev–Trinajstić information content (AvgIpc) is 2.93. The van der Waals surface area contributed by atoms with Crippen molar-refractivity contribution in [3.63, 3.8) is 0 Å². The Morgan fingerprint density at radius 3 is 2.38 bits per heavy atom. The first-order valence-corrected chi connectivity index (χ1v) is 14.5. The largest absolute Gasteiger partial charge is 0.490 e. The van der Waals surface area contributed by atoms with Crippen LogP contribution in [0.5, 0.6) is 17.2 Å². The zero-order chi connectivity index (χ0) is 30.6. The van der Waals surface area contributed by atoms with Gasteiger partial charge in [-0.2, -0.15) is 5.10 Å². The summed E-state index contributed by atoms with van der Waals surface area (Å²) in [5.41, 5.74) is 5.45. The molecule has 8 nitrogen and oxygen atoms in total. The van der Waals surface area contributed by atoms with Gasteiger partial charge in [-0.25, -0.2) is 5.43 Å². The summed E-state index contributed by atoms with van der Waals surface area (Å²) in [6.45, 7) is 10.3. The lowest BCUT2D eigenvalue weighted by Gasteiger charge is -2.22. The van der Waals surface area contributed by atoms with E-state index in [1.54, 1.807) is 31.2 Å². The molecule has 0 unspecified atom stereocenters. The highest BCUT2D eigenvalue weighted by Crippen LogP contribution is 2.30. The molecule has 0 heterocycles. The lowest BCUT2D eigenvalue weighted by Crippen LogP contribution is -2.49. The summed E-state index contributed by atoms with van der Waals surface area (Å²) in [5, 5.41) is 7.60. The first-order chi connectivity index (χ1) is 20.0. The van der Waals surface area contributed by atoms with E-state index in [2.05, 4.69) is 21.9 Å². The van der Waals surface area contributed by atoms with Gasteiger partial charge in [0.25, 0.3) is 11.8 Å². The molecule has 42 heavy (non-hydrogen) atoms. The second-order valence-corrected chi connectivity index (χ2v) is 11.0. The number of hydrogen-bond donors (Lipinski definition) is 2. The molecule has 0 aliphatic carbocycles. The first-order valence-electron chi connectivity index (χ1n) is 13.8. The average molecular weight is 615 g/mol. The number of amides is 2. The van der Waals surface area contributed by atoms with Crippen LogP contribution in [-0.4, -0.2) is 36.8 Å². The predicted molar refractivity (Wildman–Crippen MR) is 167 cm³/mol. The summed E-state index contributed by atoms with van der Waals surface area (Å²) >= 11 is 12.1. The minimum absolute atomic E-state index is 0.132. The highest BCUT2D eigenvalue weighted by molar-refractivity contribution is 6.35. The van der Waals surface area contributed by atoms with Crippen LogP contribution in [0.15, 0.2) is 65.8 Å². The molecule has 2 atom stereocenters. The van der Waals surface area contributed by atoms with Crippen molar-refractivity contribution in [3.8, 4) is 17.2 Å². The van der Waals surface area contributed by atoms with Crippen LogP contribution in [0.3, 0.4) is 0 Å². The molecule has 10 heteroatoms. The van der Waals surface area contributed by atoms with Crippen LogP contribution < -0.4 is 25.0 Å². The van der Waals surface area contributed by atoms with Crippen LogP contribution in [0.25, 0.3) is 0 Å². The van der Waals surface area contributed by atoms with Gasteiger partial charge < -0.3 is 19.5 Å². The summed E-state index contributed by atoms with van der Waals surface area (Å²) in [6.07, 6.45) is 1.01. The number of nitrogens with one attached hydrogen (secondary N) is 2.